The number of amides is 1. The van der Waals surface area contributed by atoms with Gasteiger partial charge in [0.25, 0.3) is 0 Å². The molecule has 0 spiro atoms. The number of nitrogens with one attached hydrogen (secondary N) is 1. The second-order valence-electron chi connectivity index (χ2n) is 7.30. The quantitative estimate of drug-likeness (QED) is 0.744. The van der Waals surface area contributed by atoms with Gasteiger partial charge in [0.05, 0.1) is 12.0 Å². The van der Waals surface area contributed by atoms with Crippen molar-refractivity contribution < 1.29 is 14.7 Å². The van der Waals surface area contributed by atoms with Gasteiger partial charge in [-0.1, -0.05) is 36.7 Å². The molecule has 136 valence electrons. The SMILES string of the molecule is CCN(CC(=O)O)C1CC(NC(=O)C2(Cc3ccccc3Cl)CC2)C1. The van der Waals surface area contributed by atoms with E-state index in [2.05, 4.69) is 5.32 Å². The summed E-state index contributed by atoms with van der Waals surface area (Å²) in [6.07, 6.45) is 4.15. The van der Waals surface area contributed by atoms with E-state index in [0.29, 0.717) is 13.0 Å². The van der Waals surface area contributed by atoms with Crippen molar-refractivity contribution in [3.05, 3.63) is 34.9 Å². The Balaban J connectivity index is 1.50. The molecular weight excluding hydrogens is 340 g/mol. The van der Waals surface area contributed by atoms with E-state index < -0.39 is 5.97 Å². The Morgan fingerprint density at radius 3 is 2.56 bits per heavy atom. The first kappa shape index (κ1) is 18.2. The van der Waals surface area contributed by atoms with Crippen LogP contribution in [0.5, 0.6) is 0 Å². The lowest BCUT2D eigenvalue weighted by Crippen LogP contribution is -2.56. The molecule has 0 aliphatic heterocycles. The molecule has 25 heavy (non-hydrogen) atoms. The number of carbonyl (C=O) groups excluding carboxylic acids is 1. The van der Waals surface area contributed by atoms with Gasteiger partial charge < -0.3 is 10.4 Å². The van der Waals surface area contributed by atoms with Crippen molar-refractivity contribution in [3.63, 3.8) is 0 Å². The third kappa shape index (κ3) is 4.15. The van der Waals surface area contributed by atoms with Crippen molar-refractivity contribution in [3.8, 4) is 0 Å². The van der Waals surface area contributed by atoms with E-state index in [1.807, 2.05) is 36.1 Å². The van der Waals surface area contributed by atoms with E-state index in [0.717, 1.165) is 36.3 Å². The van der Waals surface area contributed by atoms with Crippen LogP contribution in [0.2, 0.25) is 5.02 Å². The summed E-state index contributed by atoms with van der Waals surface area (Å²) in [4.78, 5) is 25.6. The van der Waals surface area contributed by atoms with Crippen LogP contribution >= 0.6 is 11.6 Å². The zero-order chi connectivity index (χ0) is 18.0. The number of hydrogen-bond donors (Lipinski definition) is 2. The normalized spacial score (nSPS) is 23.8. The largest absolute Gasteiger partial charge is 0.480 e. The smallest absolute Gasteiger partial charge is 0.317 e. The molecule has 0 radical (unpaired) electrons. The first-order valence-corrected chi connectivity index (χ1v) is 9.31. The summed E-state index contributed by atoms with van der Waals surface area (Å²) in [5.74, 6) is -0.678. The van der Waals surface area contributed by atoms with Crippen molar-refractivity contribution in [2.24, 2.45) is 5.41 Å². The first-order valence-electron chi connectivity index (χ1n) is 8.94. The monoisotopic (exact) mass is 364 g/mol. The Morgan fingerprint density at radius 1 is 1.32 bits per heavy atom. The predicted molar refractivity (Wildman–Crippen MR) is 96.7 cm³/mol. The maximum Gasteiger partial charge on any atom is 0.317 e. The fourth-order valence-electron chi connectivity index (χ4n) is 3.66. The van der Waals surface area contributed by atoms with E-state index in [-0.39, 0.29) is 30.0 Å². The fraction of sp³-hybridized carbons (Fsp3) is 0.579. The Hall–Kier alpha value is -1.59. The highest BCUT2D eigenvalue weighted by Crippen LogP contribution is 2.49. The molecule has 3 rings (SSSR count). The third-order valence-corrected chi connectivity index (χ3v) is 5.90. The van der Waals surface area contributed by atoms with Crippen molar-refractivity contribution in [2.75, 3.05) is 13.1 Å². The topological polar surface area (TPSA) is 69.6 Å². The second-order valence-corrected chi connectivity index (χ2v) is 7.71. The van der Waals surface area contributed by atoms with Gasteiger partial charge in [-0.2, -0.15) is 0 Å². The van der Waals surface area contributed by atoms with Gasteiger partial charge in [0, 0.05) is 17.1 Å². The second kappa shape index (κ2) is 7.34. The van der Waals surface area contributed by atoms with E-state index in [1.165, 1.54) is 0 Å². The van der Waals surface area contributed by atoms with Gasteiger partial charge in [-0.05, 0) is 50.3 Å². The van der Waals surface area contributed by atoms with Crippen LogP contribution in [0.1, 0.15) is 38.2 Å². The van der Waals surface area contributed by atoms with Crippen molar-refractivity contribution in [1.82, 2.24) is 10.2 Å². The molecule has 0 unspecified atom stereocenters. The molecule has 0 heterocycles. The number of likely N-dealkylation sites (N-methyl/N-ethyl adjacent to an activating group) is 1. The summed E-state index contributed by atoms with van der Waals surface area (Å²) in [6, 6.07) is 8.11. The van der Waals surface area contributed by atoms with Crippen LogP contribution in [0.4, 0.5) is 0 Å². The van der Waals surface area contributed by atoms with Gasteiger partial charge in [-0.25, -0.2) is 0 Å². The van der Waals surface area contributed by atoms with Crippen LogP contribution in [0.15, 0.2) is 24.3 Å². The molecule has 0 atom stereocenters. The molecule has 2 aliphatic rings. The number of benzene rings is 1. The molecule has 2 N–H and O–H groups in total. The van der Waals surface area contributed by atoms with Crippen LogP contribution in [0.25, 0.3) is 0 Å². The zero-order valence-electron chi connectivity index (χ0n) is 14.5. The maximum absolute atomic E-state index is 12.7. The highest BCUT2D eigenvalue weighted by molar-refractivity contribution is 6.31. The molecule has 2 fully saturated rings. The molecule has 1 aromatic rings. The number of rotatable bonds is 8. The molecule has 6 heteroatoms. The number of halogens is 1. The fourth-order valence-corrected chi connectivity index (χ4v) is 3.86. The van der Waals surface area contributed by atoms with Gasteiger partial charge in [0.15, 0.2) is 0 Å². The molecule has 1 amide bonds. The summed E-state index contributed by atoms with van der Waals surface area (Å²) < 4.78 is 0. The molecule has 0 saturated heterocycles. The van der Waals surface area contributed by atoms with Crippen molar-refractivity contribution >= 4 is 23.5 Å². The molecule has 0 bridgehead atoms. The minimum absolute atomic E-state index is 0.0677. The highest BCUT2D eigenvalue weighted by Gasteiger charge is 2.51. The number of carboxylic acids is 1. The summed E-state index contributed by atoms with van der Waals surface area (Å²) in [5.41, 5.74) is 0.726. The number of carbonyl (C=O) groups is 2. The lowest BCUT2D eigenvalue weighted by atomic mass is 9.84. The van der Waals surface area contributed by atoms with Crippen molar-refractivity contribution in [2.45, 2.75) is 51.1 Å². The minimum Gasteiger partial charge on any atom is -0.480 e. The minimum atomic E-state index is -0.800. The standard InChI is InChI=1S/C19H25ClN2O3/c1-2-22(12-17(23)24)15-9-14(10-15)21-18(25)19(7-8-19)11-13-5-3-4-6-16(13)20/h3-6,14-15H,2,7-12H2,1H3,(H,21,25)(H,23,24). The molecule has 1 aromatic carbocycles. The summed E-state index contributed by atoms with van der Waals surface area (Å²) in [6.45, 7) is 2.75. The molecule has 0 aromatic heterocycles. The number of nitrogens with zero attached hydrogens (tertiary/aromatic N) is 1. The Labute approximate surface area is 153 Å². The van der Waals surface area contributed by atoms with Gasteiger partial charge >= 0.3 is 5.97 Å². The van der Waals surface area contributed by atoms with Crippen LogP contribution in [0.3, 0.4) is 0 Å². The van der Waals surface area contributed by atoms with Crippen molar-refractivity contribution in [1.29, 1.82) is 0 Å². The maximum atomic E-state index is 12.7. The summed E-state index contributed by atoms with van der Waals surface area (Å²) in [5, 5.41) is 12.8. The Bertz CT molecular complexity index is 654. The average molecular weight is 365 g/mol. The van der Waals surface area contributed by atoms with Gasteiger partial charge in [-0.15, -0.1) is 0 Å². The van der Waals surface area contributed by atoms with Gasteiger partial charge in [-0.3, -0.25) is 14.5 Å². The Morgan fingerprint density at radius 2 is 2.00 bits per heavy atom. The lowest BCUT2D eigenvalue weighted by Gasteiger charge is -2.42. The van der Waals surface area contributed by atoms with Crippen LogP contribution < -0.4 is 5.32 Å². The number of aliphatic carboxylic acids is 1. The number of hydrogen-bond acceptors (Lipinski definition) is 3. The van der Waals surface area contributed by atoms with Crippen LogP contribution in [0, 0.1) is 5.41 Å². The van der Waals surface area contributed by atoms with E-state index in [4.69, 9.17) is 16.7 Å². The highest BCUT2D eigenvalue weighted by atomic mass is 35.5. The zero-order valence-corrected chi connectivity index (χ0v) is 15.3. The van der Waals surface area contributed by atoms with E-state index in [9.17, 15) is 9.59 Å². The first-order chi connectivity index (χ1) is 11.9. The number of carboxylic acid groups (broad SMARTS) is 1. The molecule has 2 saturated carbocycles. The van der Waals surface area contributed by atoms with E-state index >= 15 is 0 Å². The Kier molecular flexibility index (Phi) is 5.35. The van der Waals surface area contributed by atoms with Gasteiger partial charge in [0.1, 0.15) is 0 Å². The third-order valence-electron chi connectivity index (χ3n) is 5.53. The molecule has 5 nitrogen and oxygen atoms in total. The van der Waals surface area contributed by atoms with Crippen LogP contribution in [-0.2, 0) is 16.0 Å². The van der Waals surface area contributed by atoms with Crippen LogP contribution in [-0.4, -0.2) is 47.1 Å². The average Bonchev–Trinajstić information content (AvgIpc) is 3.31. The summed E-state index contributed by atoms with van der Waals surface area (Å²) in [7, 11) is 0. The van der Waals surface area contributed by atoms with E-state index in [1.54, 1.807) is 0 Å². The lowest BCUT2D eigenvalue weighted by molar-refractivity contribution is -0.140. The molecular formula is C19H25ClN2O3. The predicted octanol–water partition coefficient (Wildman–Crippen LogP) is 2.72. The summed E-state index contributed by atoms with van der Waals surface area (Å²) >= 11 is 6.23. The molecule has 2 aliphatic carbocycles. The van der Waals surface area contributed by atoms with Gasteiger partial charge in [0.2, 0.25) is 5.91 Å².